The van der Waals surface area contributed by atoms with Gasteiger partial charge in [-0.2, -0.15) is 0 Å². The number of ether oxygens (including phenoxy) is 1. The van der Waals surface area contributed by atoms with E-state index in [0.29, 0.717) is 29.1 Å². The maximum absolute atomic E-state index is 12.7. The number of hydrogen-bond donors (Lipinski definition) is 0. The number of benzene rings is 1. The third kappa shape index (κ3) is 5.29. The van der Waals surface area contributed by atoms with Crippen LogP contribution in [-0.2, 0) is 9.16 Å². The molecular formula is C25H33ClN2O5Si. The van der Waals surface area contributed by atoms with Crippen LogP contribution < -0.4 is 0 Å². The lowest BCUT2D eigenvalue weighted by Crippen LogP contribution is -2.44. The summed E-state index contributed by atoms with van der Waals surface area (Å²) < 4.78 is 11.8. The molecule has 0 spiro atoms. The molecule has 0 aromatic heterocycles. The molecule has 1 aromatic rings. The maximum atomic E-state index is 12.7. The predicted octanol–water partition coefficient (Wildman–Crippen LogP) is 5.19. The average Bonchev–Trinajstić information content (AvgIpc) is 3.29. The first-order valence-corrected chi connectivity index (χ1v) is 14.7. The van der Waals surface area contributed by atoms with Crippen molar-refractivity contribution >= 4 is 37.8 Å². The molecule has 2 aliphatic heterocycles. The fraction of sp³-hybridized carbons (Fsp3) is 0.480. The van der Waals surface area contributed by atoms with Crippen LogP contribution in [0.15, 0.2) is 48.0 Å². The second-order valence-corrected chi connectivity index (χ2v) is 15.3. The number of likely N-dealkylation sites (tertiary alicyclic amines) is 1. The highest BCUT2D eigenvalue weighted by Gasteiger charge is 2.45. The summed E-state index contributed by atoms with van der Waals surface area (Å²) in [6, 6.07) is 6.26. The van der Waals surface area contributed by atoms with E-state index in [-0.39, 0.29) is 36.1 Å². The van der Waals surface area contributed by atoms with Crippen molar-refractivity contribution in [3.05, 3.63) is 59.2 Å². The van der Waals surface area contributed by atoms with E-state index in [1.165, 1.54) is 6.08 Å². The van der Waals surface area contributed by atoms with Crippen molar-refractivity contribution in [2.24, 2.45) is 0 Å². The fourth-order valence-electron chi connectivity index (χ4n) is 3.87. The van der Waals surface area contributed by atoms with Gasteiger partial charge in [0, 0.05) is 18.1 Å². The molecule has 1 aromatic carbocycles. The number of nitrogens with zero attached hydrogens (tertiary/aromatic N) is 2. The molecule has 2 aliphatic rings. The summed E-state index contributed by atoms with van der Waals surface area (Å²) >= 11 is 6.67. The summed E-state index contributed by atoms with van der Waals surface area (Å²) in [6.07, 6.45) is 2.94. The molecule has 9 heteroatoms. The van der Waals surface area contributed by atoms with Crippen molar-refractivity contribution in [3.8, 4) is 0 Å². The SMILES string of the molecule is C=CCOC(=O)N1C[C@H](O[Si](C)(C)C(C)(C)C)C[C@H]1/C(Cl)=C\CN1C(=O)c2ccccc2C1=O. The molecule has 3 rings (SSSR count). The molecule has 0 saturated carbocycles. The summed E-state index contributed by atoms with van der Waals surface area (Å²) in [7, 11) is -2.07. The molecule has 3 amide bonds. The second-order valence-electron chi connectivity index (χ2n) is 10.1. The third-order valence-corrected chi connectivity index (χ3v) is 11.7. The van der Waals surface area contributed by atoms with E-state index in [1.807, 2.05) is 0 Å². The van der Waals surface area contributed by atoms with Crippen molar-refractivity contribution < 1.29 is 23.5 Å². The largest absolute Gasteiger partial charge is 0.445 e. The van der Waals surface area contributed by atoms with Gasteiger partial charge in [0.25, 0.3) is 11.8 Å². The van der Waals surface area contributed by atoms with E-state index in [9.17, 15) is 14.4 Å². The summed E-state index contributed by atoms with van der Waals surface area (Å²) in [5.74, 6) is -0.705. The van der Waals surface area contributed by atoms with E-state index < -0.39 is 20.5 Å². The number of carbonyl (C=O) groups is 3. The zero-order chi connectivity index (χ0) is 25.3. The highest BCUT2D eigenvalue weighted by Crippen LogP contribution is 2.40. The molecule has 0 bridgehead atoms. The topological polar surface area (TPSA) is 76.2 Å². The molecule has 1 fully saturated rings. The predicted molar refractivity (Wildman–Crippen MR) is 134 cm³/mol. The maximum Gasteiger partial charge on any atom is 0.410 e. The third-order valence-electron chi connectivity index (χ3n) is 6.75. The Hall–Kier alpha value is -2.42. The number of fused-ring (bicyclic) bond motifs is 1. The molecule has 7 nitrogen and oxygen atoms in total. The van der Waals surface area contributed by atoms with Crippen LogP contribution in [0.4, 0.5) is 4.79 Å². The molecule has 2 atom stereocenters. The van der Waals surface area contributed by atoms with Gasteiger partial charge in [0.15, 0.2) is 8.32 Å². The Kier molecular flexibility index (Phi) is 7.74. The number of hydrogen-bond acceptors (Lipinski definition) is 5. The lowest BCUT2D eigenvalue weighted by molar-refractivity contribution is 0.0671. The minimum atomic E-state index is -2.07. The van der Waals surface area contributed by atoms with Gasteiger partial charge in [0.2, 0.25) is 0 Å². The number of rotatable bonds is 7. The van der Waals surface area contributed by atoms with Gasteiger partial charge in [-0.25, -0.2) is 4.79 Å². The molecule has 34 heavy (non-hydrogen) atoms. The van der Waals surface area contributed by atoms with Crippen LogP contribution in [0.5, 0.6) is 0 Å². The van der Waals surface area contributed by atoms with Crippen LogP contribution >= 0.6 is 11.6 Å². The van der Waals surface area contributed by atoms with E-state index in [1.54, 1.807) is 35.2 Å². The van der Waals surface area contributed by atoms with Crippen molar-refractivity contribution in [2.75, 3.05) is 19.7 Å². The highest BCUT2D eigenvalue weighted by molar-refractivity contribution is 6.74. The lowest BCUT2D eigenvalue weighted by atomic mass is 10.1. The quantitative estimate of drug-likeness (QED) is 0.290. The van der Waals surface area contributed by atoms with Crippen molar-refractivity contribution in [2.45, 2.75) is 57.5 Å². The Balaban J connectivity index is 1.77. The summed E-state index contributed by atoms with van der Waals surface area (Å²) in [5.41, 5.74) is 0.769. The standard InChI is InChI=1S/C25H33ClN2O5Si/c1-7-14-32-24(31)28-16-17(33-34(5,6)25(2,3)4)15-21(28)20(26)12-13-27-22(29)18-10-8-9-11-19(18)23(27)30/h7-12,17,21H,1,13-16H2,2-6H3/b20-12+/t17-,21+/m1/s1. The van der Waals surface area contributed by atoms with Crippen LogP contribution in [-0.4, -0.2) is 67.9 Å². The first-order valence-electron chi connectivity index (χ1n) is 11.4. The Morgan fingerprint density at radius 3 is 2.32 bits per heavy atom. The molecule has 0 unspecified atom stereocenters. The van der Waals surface area contributed by atoms with Gasteiger partial charge in [-0.15, -0.1) is 0 Å². The number of halogens is 1. The first kappa shape index (κ1) is 26.2. The van der Waals surface area contributed by atoms with Crippen molar-refractivity contribution in [1.29, 1.82) is 0 Å². The molecule has 1 saturated heterocycles. The van der Waals surface area contributed by atoms with E-state index in [2.05, 4.69) is 40.4 Å². The molecule has 2 heterocycles. The molecule has 184 valence electrons. The van der Waals surface area contributed by atoms with Crippen LogP contribution in [0.2, 0.25) is 18.1 Å². The summed E-state index contributed by atoms with van der Waals surface area (Å²) in [4.78, 5) is 40.8. The summed E-state index contributed by atoms with van der Waals surface area (Å²) in [6.45, 7) is 14.9. The van der Waals surface area contributed by atoms with Gasteiger partial charge in [-0.3, -0.25) is 19.4 Å². The minimum absolute atomic E-state index is 0.0182. The first-order chi connectivity index (χ1) is 15.9. The Labute approximate surface area is 207 Å². The second kappa shape index (κ2) is 10.1. The lowest BCUT2D eigenvalue weighted by Gasteiger charge is -2.38. The Morgan fingerprint density at radius 2 is 1.79 bits per heavy atom. The van der Waals surface area contributed by atoms with Gasteiger partial charge in [-0.05, 0) is 42.8 Å². The number of amides is 3. The Bertz CT molecular complexity index is 982. The van der Waals surface area contributed by atoms with Crippen LogP contribution in [0.1, 0.15) is 47.9 Å². The normalized spacial score (nSPS) is 21.2. The van der Waals surface area contributed by atoms with Gasteiger partial charge in [-0.1, -0.05) is 57.2 Å². The number of imide groups is 1. The van der Waals surface area contributed by atoms with Gasteiger partial charge < -0.3 is 9.16 Å². The molecule has 0 aliphatic carbocycles. The van der Waals surface area contributed by atoms with E-state index >= 15 is 0 Å². The zero-order valence-corrected chi connectivity index (χ0v) is 22.2. The van der Waals surface area contributed by atoms with Crippen molar-refractivity contribution in [3.63, 3.8) is 0 Å². The Morgan fingerprint density at radius 1 is 1.21 bits per heavy atom. The minimum Gasteiger partial charge on any atom is -0.445 e. The average molecular weight is 505 g/mol. The van der Waals surface area contributed by atoms with Gasteiger partial charge in [0.05, 0.1) is 23.3 Å². The highest BCUT2D eigenvalue weighted by atomic mass is 35.5. The zero-order valence-electron chi connectivity index (χ0n) is 20.5. The van der Waals surface area contributed by atoms with E-state index in [4.69, 9.17) is 20.8 Å². The summed E-state index contributed by atoms with van der Waals surface area (Å²) in [5, 5.41) is 0.387. The van der Waals surface area contributed by atoms with Crippen molar-refractivity contribution in [1.82, 2.24) is 9.80 Å². The smallest absolute Gasteiger partial charge is 0.410 e. The van der Waals surface area contributed by atoms with Crippen LogP contribution in [0, 0.1) is 0 Å². The van der Waals surface area contributed by atoms with Crippen LogP contribution in [0.3, 0.4) is 0 Å². The van der Waals surface area contributed by atoms with E-state index in [0.717, 1.165) is 4.90 Å². The number of carbonyl (C=O) groups excluding carboxylic acids is 3. The van der Waals surface area contributed by atoms with Gasteiger partial charge >= 0.3 is 6.09 Å². The molecule has 0 radical (unpaired) electrons. The molecule has 0 N–H and O–H groups in total. The molecular weight excluding hydrogens is 472 g/mol. The van der Waals surface area contributed by atoms with Gasteiger partial charge in [0.1, 0.15) is 6.61 Å². The monoisotopic (exact) mass is 504 g/mol. The van der Waals surface area contributed by atoms with Crippen LogP contribution in [0.25, 0.3) is 0 Å². The fourth-order valence-corrected chi connectivity index (χ4v) is 5.51.